The molecule has 0 bridgehead atoms. The van der Waals surface area contributed by atoms with E-state index in [9.17, 15) is 4.79 Å². The minimum Gasteiger partial charge on any atom is -0.444 e. The largest absolute Gasteiger partial charge is 0.444 e. The van der Waals surface area contributed by atoms with Crippen molar-refractivity contribution >= 4 is 11.9 Å². The number of aryl methyl sites for hydroxylation is 1. The van der Waals surface area contributed by atoms with Crippen molar-refractivity contribution < 1.29 is 14.1 Å². The van der Waals surface area contributed by atoms with Crippen LogP contribution in [0.2, 0.25) is 0 Å². The second kappa shape index (κ2) is 7.39. The Morgan fingerprint density at radius 3 is 2.50 bits per heavy atom. The Hall–Kier alpha value is -2.48. The predicted octanol–water partition coefficient (Wildman–Crippen LogP) is 2.75. The van der Waals surface area contributed by atoms with Gasteiger partial charge in [0.15, 0.2) is 5.82 Å². The molecule has 0 fully saturated rings. The summed E-state index contributed by atoms with van der Waals surface area (Å²) in [7, 11) is 1.96. The molecule has 1 N–H and O–H groups in total. The Bertz CT molecular complexity index is 676. The molecule has 0 aliphatic heterocycles. The maximum absolute atomic E-state index is 11.7. The second-order valence-corrected chi connectivity index (χ2v) is 6.64. The van der Waals surface area contributed by atoms with E-state index < -0.39 is 11.7 Å². The monoisotopic (exact) mass is 333 g/mol. The zero-order valence-electron chi connectivity index (χ0n) is 14.7. The first kappa shape index (κ1) is 17.9. The van der Waals surface area contributed by atoms with Crippen LogP contribution in [0.15, 0.2) is 22.7 Å². The fraction of sp³-hybridized carbons (Fsp3) is 0.500. The Morgan fingerprint density at radius 1 is 1.25 bits per heavy atom. The third-order valence-electron chi connectivity index (χ3n) is 2.89. The summed E-state index contributed by atoms with van der Waals surface area (Å²) >= 11 is 0. The number of amides is 1. The number of nitrogens with one attached hydrogen (secondary N) is 1. The molecule has 0 radical (unpaired) electrons. The molecule has 2 heterocycles. The Balaban J connectivity index is 1.86. The zero-order valence-corrected chi connectivity index (χ0v) is 14.7. The average Bonchev–Trinajstić information content (AvgIpc) is 2.84. The number of aromatic nitrogens is 3. The molecular formula is C16H23N5O3. The first-order valence-electron chi connectivity index (χ1n) is 7.64. The summed E-state index contributed by atoms with van der Waals surface area (Å²) in [5.41, 5.74) is 1.10. The van der Waals surface area contributed by atoms with Crippen LogP contribution in [0.5, 0.6) is 0 Å². The molecule has 2 aromatic heterocycles. The molecule has 8 nitrogen and oxygen atoms in total. The first-order valence-corrected chi connectivity index (χ1v) is 7.64. The molecule has 0 atom stereocenters. The highest BCUT2D eigenvalue weighted by atomic mass is 16.6. The number of carbonyl (C=O) groups excluding carboxylic acids is 1. The molecule has 2 aromatic rings. The van der Waals surface area contributed by atoms with Gasteiger partial charge in [-0.1, -0.05) is 5.16 Å². The van der Waals surface area contributed by atoms with Gasteiger partial charge in [-0.2, -0.15) is 5.10 Å². The van der Waals surface area contributed by atoms with Crippen LogP contribution < -0.4 is 5.32 Å². The summed E-state index contributed by atoms with van der Waals surface area (Å²) in [5, 5.41) is 14.6. The highest BCUT2D eigenvalue weighted by Gasteiger charge is 2.16. The van der Waals surface area contributed by atoms with E-state index >= 15 is 0 Å². The first-order chi connectivity index (χ1) is 11.2. The van der Waals surface area contributed by atoms with E-state index in [1.54, 1.807) is 26.8 Å². The normalized spacial score (nSPS) is 11.6. The van der Waals surface area contributed by atoms with E-state index in [0.717, 1.165) is 17.1 Å². The van der Waals surface area contributed by atoms with Crippen molar-refractivity contribution in [1.29, 1.82) is 0 Å². The Labute approximate surface area is 141 Å². The molecule has 0 aliphatic rings. The van der Waals surface area contributed by atoms with Gasteiger partial charge in [-0.3, -0.25) is 10.2 Å². The number of anilines is 1. The molecule has 0 unspecified atom stereocenters. The van der Waals surface area contributed by atoms with Gasteiger partial charge in [0.05, 0.1) is 11.4 Å². The van der Waals surface area contributed by atoms with E-state index in [4.69, 9.17) is 9.26 Å². The van der Waals surface area contributed by atoms with E-state index in [1.165, 1.54) is 0 Å². The Morgan fingerprint density at radius 2 is 1.96 bits per heavy atom. The van der Waals surface area contributed by atoms with Crippen LogP contribution >= 0.6 is 0 Å². The van der Waals surface area contributed by atoms with Gasteiger partial charge in [-0.25, -0.2) is 4.79 Å². The topological polar surface area (TPSA) is 93.4 Å². The molecule has 0 spiro atoms. The lowest BCUT2D eigenvalue weighted by Crippen LogP contribution is -2.27. The van der Waals surface area contributed by atoms with Crippen LogP contribution in [0, 0.1) is 6.92 Å². The van der Waals surface area contributed by atoms with Gasteiger partial charge >= 0.3 is 6.09 Å². The Kier molecular flexibility index (Phi) is 5.50. The van der Waals surface area contributed by atoms with Crippen molar-refractivity contribution in [1.82, 2.24) is 20.3 Å². The van der Waals surface area contributed by atoms with Gasteiger partial charge in [0.2, 0.25) is 0 Å². The number of hydrogen-bond donors (Lipinski definition) is 1. The lowest BCUT2D eigenvalue weighted by Gasteiger charge is -2.19. The summed E-state index contributed by atoms with van der Waals surface area (Å²) in [4.78, 5) is 13.7. The summed E-state index contributed by atoms with van der Waals surface area (Å²) in [6, 6.07) is 5.40. The van der Waals surface area contributed by atoms with Crippen LogP contribution in [0.4, 0.5) is 10.6 Å². The summed E-state index contributed by atoms with van der Waals surface area (Å²) in [5.74, 6) is 1.14. The predicted molar refractivity (Wildman–Crippen MR) is 88.3 cm³/mol. The fourth-order valence-electron chi connectivity index (χ4n) is 2.02. The highest BCUT2D eigenvalue weighted by Crippen LogP contribution is 2.11. The lowest BCUT2D eigenvalue weighted by atomic mass is 10.2. The van der Waals surface area contributed by atoms with Crippen molar-refractivity contribution in [2.75, 3.05) is 12.4 Å². The van der Waals surface area contributed by atoms with Crippen LogP contribution in [-0.2, 0) is 17.8 Å². The molecule has 24 heavy (non-hydrogen) atoms. The smallest absolute Gasteiger partial charge is 0.413 e. The summed E-state index contributed by atoms with van der Waals surface area (Å²) < 4.78 is 10.2. The third kappa shape index (κ3) is 5.96. The number of rotatable bonds is 5. The van der Waals surface area contributed by atoms with Crippen molar-refractivity contribution in [2.45, 2.75) is 46.4 Å². The number of nitrogens with zero attached hydrogens (tertiary/aromatic N) is 4. The van der Waals surface area contributed by atoms with Gasteiger partial charge in [0.25, 0.3) is 0 Å². The minimum absolute atomic E-state index is 0.350. The van der Waals surface area contributed by atoms with Crippen molar-refractivity contribution in [3.63, 3.8) is 0 Å². The molecular weight excluding hydrogens is 310 g/mol. The molecule has 0 aromatic carbocycles. The van der Waals surface area contributed by atoms with Gasteiger partial charge < -0.3 is 9.26 Å². The SMILES string of the molecule is Cc1cc(CN(C)Cc2ccc(NC(=O)OC(C)(C)C)nn2)no1. The molecule has 0 saturated heterocycles. The van der Waals surface area contributed by atoms with Crippen LogP contribution in [0.1, 0.15) is 37.9 Å². The fourth-order valence-corrected chi connectivity index (χ4v) is 2.02. The van der Waals surface area contributed by atoms with E-state index in [0.29, 0.717) is 18.9 Å². The minimum atomic E-state index is -0.556. The molecule has 0 saturated carbocycles. The zero-order chi connectivity index (χ0) is 17.7. The van der Waals surface area contributed by atoms with E-state index in [1.807, 2.05) is 31.0 Å². The van der Waals surface area contributed by atoms with Crippen LogP contribution in [-0.4, -0.2) is 39.0 Å². The highest BCUT2D eigenvalue weighted by molar-refractivity contribution is 5.83. The van der Waals surface area contributed by atoms with Gasteiger partial charge in [0.1, 0.15) is 11.4 Å². The van der Waals surface area contributed by atoms with Gasteiger partial charge in [-0.05, 0) is 46.9 Å². The molecule has 1 amide bonds. The molecule has 2 rings (SSSR count). The van der Waals surface area contributed by atoms with Crippen LogP contribution in [0.3, 0.4) is 0 Å². The molecule has 8 heteroatoms. The van der Waals surface area contributed by atoms with E-state index in [2.05, 4.69) is 20.7 Å². The van der Waals surface area contributed by atoms with Gasteiger partial charge in [-0.15, -0.1) is 5.10 Å². The molecule has 130 valence electrons. The number of carbonyl (C=O) groups is 1. The van der Waals surface area contributed by atoms with E-state index in [-0.39, 0.29) is 0 Å². The maximum atomic E-state index is 11.7. The maximum Gasteiger partial charge on any atom is 0.413 e. The molecule has 0 aliphatic carbocycles. The van der Waals surface area contributed by atoms with Crippen molar-refractivity contribution in [3.8, 4) is 0 Å². The van der Waals surface area contributed by atoms with Crippen LogP contribution in [0.25, 0.3) is 0 Å². The second-order valence-electron chi connectivity index (χ2n) is 6.64. The number of ether oxygens (including phenoxy) is 1. The summed E-state index contributed by atoms with van der Waals surface area (Å²) in [6.07, 6.45) is -0.553. The third-order valence-corrected chi connectivity index (χ3v) is 2.89. The van der Waals surface area contributed by atoms with Crippen molar-refractivity contribution in [2.24, 2.45) is 0 Å². The average molecular weight is 333 g/mol. The lowest BCUT2D eigenvalue weighted by molar-refractivity contribution is 0.0635. The number of hydrogen-bond acceptors (Lipinski definition) is 7. The summed E-state index contributed by atoms with van der Waals surface area (Å²) in [6.45, 7) is 8.51. The van der Waals surface area contributed by atoms with Gasteiger partial charge in [0, 0.05) is 19.2 Å². The standard InChI is InChI=1S/C16H23N5O3/c1-11-8-13(20-24-11)10-21(5)9-12-6-7-14(19-18-12)17-15(22)23-16(2,3)4/h6-8H,9-10H2,1-5H3,(H,17,19,22). The quantitative estimate of drug-likeness (QED) is 0.899. The van der Waals surface area contributed by atoms with Crippen molar-refractivity contribution in [3.05, 3.63) is 35.3 Å².